The minimum Gasteiger partial charge on any atom is -0.394 e. The van der Waals surface area contributed by atoms with E-state index in [9.17, 15) is 9.90 Å². The number of aliphatic hydroxyl groups is 1. The van der Waals surface area contributed by atoms with Crippen molar-refractivity contribution in [3.8, 4) is 0 Å². The third-order valence-electron chi connectivity index (χ3n) is 5.20. The van der Waals surface area contributed by atoms with Crippen molar-refractivity contribution in [3.05, 3.63) is 0 Å². The molecule has 0 aromatic rings. The van der Waals surface area contributed by atoms with Crippen LogP contribution in [-0.2, 0) is 9.53 Å². The summed E-state index contributed by atoms with van der Waals surface area (Å²) in [5.74, 6) is 0.608. The maximum Gasteiger partial charge on any atom is 0.220 e. The summed E-state index contributed by atoms with van der Waals surface area (Å²) < 4.78 is 5.32. The molecule has 5 heteroatoms. The Bertz CT molecular complexity index is 343. The number of fused-ring (bicyclic) bond motifs is 2. The van der Waals surface area contributed by atoms with Crippen LogP contribution in [-0.4, -0.2) is 48.5 Å². The number of hydrogen-bond donors (Lipinski definition) is 3. The predicted octanol–water partition coefficient (Wildman–Crippen LogP) is 0.565. The van der Waals surface area contributed by atoms with Gasteiger partial charge in [-0.05, 0) is 44.4 Å². The van der Waals surface area contributed by atoms with Crippen LogP contribution in [0.5, 0.6) is 0 Å². The first-order valence-corrected chi connectivity index (χ1v) is 7.95. The number of piperidine rings is 1. The molecule has 0 aromatic carbocycles. The lowest BCUT2D eigenvalue weighted by Crippen LogP contribution is -2.55. The largest absolute Gasteiger partial charge is 0.394 e. The number of carbonyl (C=O) groups excluding carboxylic acids is 1. The van der Waals surface area contributed by atoms with Crippen molar-refractivity contribution in [2.45, 2.75) is 62.6 Å². The zero-order chi connectivity index (χ0) is 14.0. The molecule has 3 fully saturated rings. The lowest BCUT2D eigenvalue weighted by molar-refractivity contribution is -0.126. The van der Waals surface area contributed by atoms with E-state index >= 15 is 0 Å². The van der Waals surface area contributed by atoms with Gasteiger partial charge in [0, 0.05) is 31.7 Å². The third-order valence-corrected chi connectivity index (χ3v) is 5.20. The average Bonchev–Trinajstić information content (AvgIpc) is 2.79. The fourth-order valence-corrected chi connectivity index (χ4v) is 4.04. The van der Waals surface area contributed by atoms with E-state index in [2.05, 4.69) is 10.6 Å². The van der Waals surface area contributed by atoms with Gasteiger partial charge in [-0.3, -0.25) is 4.79 Å². The normalized spacial score (nSPS) is 35.8. The Morgan fingerprint density at radius 3 is 2.50 bits per heavy atom. The minimum atomic E-state index is -0.443. The Hall–Kier alpha value is -0.650. The lowest BCUT2D eigenvalue weighted by Gasteiger charge is -2.37. The van der Waals surface area contributed by atoms with E-state index in [-0.39, 0.29) is 12.5 Å². The number of aliphatic hydroxyl groups excluding tert-OH is 1. The highest BCUT2D eigenvalue weighted by Gasteiger charge is 2.37. The standard InChI is InChI=1S/C15H26N2O3/c18-10-15(3-5-20-6-4-15)17-14(19)9-11-7-12-1-2-13(8-11)16-12/h11-13,16,18H,1-10H2,(H,17,19). The van der Waals surface area contributed by atoms with Crippen molar-refractivity contribution in [3.63, 3.8) is 0 Å². The molecule has 3 heterocycles. The molecule has 3 saturated heterocycles. The van der Waals surface area contributed by atoms with Gasteiger partial charge in [0.25, 0.3) is 0 Å². The molecule has 20 heavy (non-hydrogen) atoms. The van der Waals surface area contributed by atoms with Crippen LogP contribution in [0.2, 0.25) is 0 Å². The van der Waals surface area contributed by atoms with Gasteiger partial charge in [0.05, 0.1) is 12.1 Å². The molecule has 0 aliphatic carbocycles. The van der Waals surface area contributed by atoms with E-state index < -0.39 is 5.54 Å². The number of rotatable bonds is 4. The van der Waals surface area contributed by atoms with Crippen molar-refractivity contribution < 1.29 is 14.6 Å². The van der Waals surface area contributed by atoms with Gasteiger partial charge in [-0.15, -0.1) is 0 Å². The summed E-state index contributed by atoms with van der Waals surface area (Å²) in [6.07, 6.45) is 6.82. The molecule has 5 nitrogen and oxygen atoms in total. The topological polar surface area (TPSA) is 70.6 Å². The van der Waals surface area contributed by atoms with E-state index in [1.807, 2.05) is 0 Å². The van der Waals surface area contributed by atoms with Crippen molar-refractivity contribution >= 4 is 5.91 Å². The second kappa shape index (κ2) is 6.00. The quantitative estimate of drug-likeness (QED) is 0.705. The van der Waals surface area contributed by atoms with Crippen molar-refractivity contribution in [1.29, 1.82) is 0 Å². The summed E-state index contributed by atoms with van der Waals surface area (Å²) >= 11 is 0. The molecule has 1 amide bonds. The average molecular weight is 282 g/mol. The fourth-order valence-electron chi connectivity index (χ4n) is 4.04. The van der Waals surface area contributed by atoms with Gasteiger partial charge in [-0.25, -0.2) is 0 Å². The predicted molar refractivity (Wildman–Crippen MR) is 75.3 cm³/mol. The number of carbonyl (C=O) groups is 1. The molecular formula is C15H26N2O3. The van der Waals surface area contributed by atoms with Crippen LogP contribution in [0.15, 0.2) is 0 Å². The highest BCUT2D eigenvalue weighted by atomic mass is 16.5. The van der Waals surface area contributed by atoms with Gasteiger partial charge >= 0.3 is 0 Å². The molecule has 3 aliphatic heterocycles. The fraction of sp³-hybridized carbons (Fsp3) is 0.933. The molecule has 2 bridgehead atoms. The minimum absolute atomic E-state index is 0.0135. The van der Waals surface area contributed by atoms with Gasteiger partial charge in [-0.2, -0.15) is 0 Å². The van der Waals surface area contributed by atoms with Crippen LogP contribution >= 0.6 is 0 Å². The highest BCUT2D eigenvalue weighted by Crippen LogP contribution is 2.33. The Labute approximate surface area is 120 Å². The maximum atomic E-state index is 12.3. The number of hydrogen-bond acceptors (Lipinski definition) is 4. The van der Waals surface area contributed by atoms with Crippen LogP contribution in [0.3, 0.4) is 0 Å². The second-order valence-corrected chi connectivity index (χ2v) is 6.78. The van der Waals surface area contributed by atoms with E-state index in [1.54, 1.807) is 0 Å². The van der Waals surface area contributed by atoms with Crippen LogP contribution in [0.1, 0.15) is 44.9 Å². The smallest absolute Gasteiger partial charge is 0.220 e. The van der Waals surface area contributed by atoms with Gasteiger partial charge in [0.2, 0.25) is 5.91 Å². The molecule has 3 rings (SSSR count). The summed E-state index contributed by atoms with van der Waals surface area (Å²) in [4.78, 5) is 12.3. The molecule has 2 unspecified atom stereocenters. The van der Waals surface area contributed by atoms with Crippen molar-refractivity contribution in [1.82, 2.24) is 10.6 Å². The third kappa shape index (κ3) is 3.15. The molecule has 0 radical (unpaired) electrons. The maximum absolute atomic E-state index is 12.3. The van der Waals surface area contributed by atoms with Gasteiger partial charge in [-0.1, -0.05) is 0 Å². The zero-order valence-corrected chi connectivity index (χ0v) is 12.1. The van der Waals surface area contributed by atoms with E-state index in [0.717, 1.165) is 12.8 Å². The van der Waals surface area contributed by atoms with E-state index in [1.165, 1.54) is 12.8 Å². The first-order chi connectivity index (χ1) is 9.69. The molecule has 2 atom stereocenters. The van der Waals surface area contributed by atoms with Crippen LogP contribution in [0.4, 0.5) is 0 Å². The van der Waals surface area contributed by atoms with Gasteiger partial charge in [0.15, 0.2) is 0 Å². The Kier molecular flexibility index (Phi) is 4.29. The number of ether oxygens (including phenoxy) is 1. The van der Waals surface area contributed by atoms with Gasteiger partial charge < -0.3 is 20.5 Å². The number of nitrogens with one attached hydrogen (secondary N) is 2. The summed E-state index contributed by atoms with van der Waals surface area (Å²) in [5, 5.41) is 16.3. The SMILES string of the molecule is O=C(CC1CC2CCC(C1)N2)NC1(CO)CCOCC1. The van der Waals surface area contributed by atoms with Crippen LogP contribution in [0, 0.1) is 5.92 Å². The van der Waals surface area contributed by atoms with E-state index in [0.29, 0.717) is 50.5 Å². The summed E-state index contributed by atoms with van der Waals surface area (Å²) in [6, 6.07) is 1.25. The Balaban J connectivity index is 1.51. The zero-order valence-electron chi connectivity index (χ0n) is 12.1. The Morgan fingerprint density at radius 1 is 1.25 bits per heavy atom. The van der Waals surface area contributed by atoms with E-state index in [4.69, 9.17) is 4.74 Å². The monoisotopic (exact) mass is 282 g/mol. The first-order valence-electron chi connectivity index (χ1n) is 7.95. The molecule has 0 aromatic heterocycles. The van der Waals surface area contributed by atoms with Gasteiger partial charge in [0.1, 0.15) is 0 Å². The number of amides is 1. The van der Waals surface area contributed by atoms with Crippen molar-refractivity contribution in [2.75, 3.05) is 19.8 Å². The molecule has 3 aliphatic rings. The molecule has 3 N–H and O–H groups in total. The lowest BCUT2D eigenvalue weighted by atomic mass is 9.87. The summed E-state index contributed by atoms with van der Waals surface area (Å²) in [5.41, 5.74) is -0.443. The summed E-state index contributed by atoms with van der Waals surface area (Å²) in [7, 11) is 0. The Morgan fingerprint density at radius 2 is 1.90 bits per heavy atom. The molecule has 0 spiro atoms. The second-order valence-electron chi connectivity index (χ2n) is 6.78. The summed E-state index contributed by atoms with van der Waals surface area (Å²) in [6.45, 7) is 1.26. The molecule has 0 saturated carbocycles. The van der Waals surface area contributed by atoms with Crippen LogP contribution < -0.4 is 10.6 Å². The first kappa shape index (κ1) is 14.3. The molecular weight excluding hydrogens is 256 g/mol. The highest BCUT2D eigenvalue weighted by molar-refractivity contribution is 5.77. The molecule has 114 valence electrons. The van der Waals surface area contributed by atoms with Crippen molar-refractivity contribution in [2.24, 2.45) is 5.92 Å². The van der Waals surface area contributed by atoms with Crippen LogP contribution in [0.25, 0.3) is 0 Å².